The zero-order valence-electron chi connectivity index (χ0n) is 39.7. The van der Waals surface area contributed by atoms with E-state index in [0.717, 1.165) is 20.4 Å². The lowest BCUT2D eigenvalue weighted by Gasteiger charge is -2.41. The Morgan fingerprint density at radius 3 is 1.11 bits per heavy atom. The van der Waals surface area contributed by atoms with Gasteiger partial charge in [0.05, 0.1) is 12.3 Å². The molecule has 0 saturated heterocycles. The van der Waals surface area contributed by atoms with Gasteiger partial charge in [-0.3, -0.25) is 0 Å². The molecular formula is C54H102BP. The van der Waals surface area contributed by atoms with E-state index in [1.807, 2.05) is 12.1 Å². The fourth-order valence-corrected chi connectivity index (χ4v) is 10.5. The fourth-order valence-electron chi connectivity index (χ4n) is 9.06. The summed E-state index contributed by atoms with van der Waals surface area (Å²) in [7, 11) is 0.759. The van der Waals surface area contributed by atoms with E-state index in [0.29, 0.717) is 0 Å². The number of rotatable bonds is 35. The second kappa shape index (κ2) is 42.1. The monoisotopic (exact) mass is 793 g/mol. The Labute approximate surface area is 356 Å². The molecule has 3 atom stereocenters. The molecule has 3 unspecified atom stereocenters. The van der Waals surface area contributed by atoms with Crippen LogP contribution in [0.25, 0.3) is 11.1 Å². The second-order valence-electron chi connectivity index (χ2n) is 18.3. The third-order valence-electron chi connectivity index (χ3n) is 13.0. The maximum Gasteiger partial charge on any atom is 0.0574 e. The van der Waals surface area contributed by atoms with Crippen LogP contribution in [0.2, 0.25) is 25.3 Å². The molecule has 0 radical (unpaired) electrons. The predicted octanol–water partition coefficient (Wildman–Crippen LogP) is 19.7. The maximum absolute atomic E-state index is 2.46. The average Bonchev–Trinajstić information content (AvgIpc) is 3.23. The minimum atomic E-state index is -0.0861. The lowest BCUT2D eigenvalue weighted by Crippen LogP contribution is -2.34. The first-order valence-electron chi connectivity index (χ1n) is 25.6. The lowest BCUT2D eigenvalue weighted by molar-refractivity contribution is 0.389. The topological polar surface area (TPSA) is 0 Å². The molecule has 326 valence electrons. The van der Waals surface area contributed by atoms with Crippen molar-refractivity contribution in [3.05, 3.63) is 60.7 Å². The van der Waals surface area contributed by atoms with Crippen LogP contribution >= 0.6 is 8.58 Å². The molecule has 0 N–H and O–H groups in total. The van der Waals surface area contributed by atoms with Gasteiger partial charge in [-0.2, -0.15) is 25.3 Å². The summed E-state index contributed by atoms with van der Waals surface area (Å²) in [6, 6.07) is 20.8. The van der Waals surface area contributed by atoms with Crippen molar-refractivity contribution >= 4 is 14.7 Å². The minimum absolute atomic E-state index is 0.0861. The zero-order valence-corrected chi connectivity index (χ0v) is 40.9. The van der Waals surface area contributed by atoms with E-state index < -0.39 is 0 Å². The van der Waals surface area contributed by atoms with Gasteiger partial charge < -0.3 is 0 Å². The molecule has 0 nitrogen and oxygen atoms in total. The zero-order chi connectivity index (χ0) is 41.2. The van der Waals surface area contributed by atoms with Gasteiger partial charge in [0.1, 0.15) is 0 Å². The Bertz CT molecular complexity index is 907. The van der Waals surface area contributed by atoms with Gasteiger partial charge in [0.25, 0.3) is 0 Å². The molecular weight excluding hydrogens is 690 g/mol. The van der Waals surface area contributed by atoms with Crippen molar-refractivity contribution in [2.45, 2.75) is 248 Å². The number of benzene rings is 2. The number of unbranched alkanes of at least 4 members (excludes halogenated alkanes) is 16. The summed E-state index contributed by atoms with van der Waals surface area (Å²) in [5.41, 5.74) is 2.55. The Morgan fingerprint density at radius 2 is 0.786 bits per heavy atom. The van der Waals surface area contributed by atoms with Crippen molar-refractivity contribution in [2.75, 3.05) is 12.3 Å². The van der Waals surface area contributed by atoms with E-state index >= 15 is 0 Å². The Kier molecular flexibility index (Phi) is 41.3. The van der Waals surface area contributed by atoms with Crippen LogP contribution in [-0.2, 0) is 0 Å². The molecule has 0 saturated carbocycles. The van der Waals surface area contributed by atoms with Crippen LogP contribution in [0.3, 0.4) is 0 Å². The molecule has 0 fully saturated rings. The quantitative estimate of drug-likeness (QED) is 0.0370. The highest BCUT2D eigenvalue weighted by atomic mass is 31.1. The first-order chi connectivity index (χ1) is 27.4. The summed E-state index contributed by atoms with van der Waals surface area (Å²) in [6.07, 6.45) is 47.2. The lowest BCUT2D eigenvalue weighted by atomic mass is 9.17. The van der Waals surface area contributed by atoms with E-state index in [1.165, 1.54) is 190 Å². The highest BCUT2D eigenvalue weighted by Gasteiger charge is 2.23. The van der Waals surface area contributed by atoms with Crippen molar-refractivity contribution in [1.82, 2.24) is 0 Å². The largest absolute Gasteiger partial charge is 0.178 e. The average molecular weight is 793 g/mol. The van der Waals surface area contributed by atoms with E-state index in [1.54, 1.807) is 25.3 Å². The second-order valence-corrected chi connectivity index (χ2v) is 20.0. The van der Waals surface area contributed by atoms with Gasteiger partial charge in [-0.25, -0.2) is 0 Å². The molecule has 56 heavy (non-hydrogen) atoms. The molecule has 0 aliphatic rings. The first-order valence-corrected chi connectivity index (χ1v) is 27.2. The highest BCUT2D eigenvalue weighted by molar-refractivity contribution is 7.37. The van der Waals surface area contributed by atoms with Crippen LogP contribution in [0.4, 0.5) is 0 Å². The Balaban J connectivity index is 0.000000921. The fraction of sp³-hybridized carbons (Fsp3) is 0.778. The van der Waals surface area contributed by atoms with Gasteiger partial charge in [-0.05, 0) is 44.4 Å². The molecule has 0 spiro atoms. The molecule has 0 aliphatic heterocycles. The summed E-state index contributed by atoms with van der Waals surface area (Å²) in [6.45, 7) is 18.8. The van der Waals surface area contributed by atoms with E-state index in [2.05, 4.69) is 104 Å². The van der Waals surface area contributed by atoms with Gasteiger partial charge in [-0.15, -0.1) is 0 Å². The van der Waals surface area contributed by atoms with Crippen molar-refractivity contribution < 1.29 is 0 Å². The summed E-state index contributed by atoms with van der Waals surface area (Å²) >= 11 is 0. The number of hydrogen-bond donors (Lipinski definition) is 0. The van der Waals surface area contributed by atoms with E-state index in [9.17, 15) is 0 Å². The molecule has 2 aromatic carbocycles. The molecule has 0 amide bonds. The third-order valence-corrected chi connectivity index (χ3v) is 15.1. The summed E-state index contributed by atoms with van der Waals surface area (Å²) in [5, 5.41) is 0. The third kappa shape index (κ3) is 32.8. The highest BCUT2D eigenvalue weighted by Crippen LogP contribution is 2.35. The van der Waals surface area contributed by atoms with Crippen LogP contribution in [-0.4, -0.2) is 18.5 Å². The molecule has 0 heterocycles. The predicted molar refractivity (Wildman–Crippen MR) is 269 cm³/mol. The Morgan fingerprint density at radius 1 is 0.411 bits per heavy atom. The molecule has 2 aromatic rings. The van der Waals surface area contributed by atoms with Gasteiger partial charge >= 0.3 is 0 Å². The van der Waals surface area contributed by atoms with Crippen molar-refractivity contribution in [2.24, 2.45) is 11.8 Å². The maximum atomic E-state index is 2.46. The van der Waals surface area contributed by atoms with Crippen LogP contribution in [0.5, 0.6) is 0 Å². The van der Waals surface area contributed by atoms with Crippen LogP contribution < -0.4 is 0 Å². The van der Waals surface area contributed by atoms with Crippen molar-refractivity contribution in [1.29, 1.82) is 0 Å². The molecule has 0 aromatic heterocycles. The standard InChI is InChI=1S/C28H60B.C14H31P.C12H10/c1-5-9-13-17-21-25-29(26-22-18-14-10-6-2,27-23-19-15-11-7-3)28-24-20-16-12-8-4;1-5-8-14(7-3)10-9-13(4)12-15-11-6-2;1-3-7-11(8-4-1)12-9-5-2-6-10-12/h5-28H2,1-4H3;13-15H,5-12H2,1-4H3;1-10H/q-1;;/p+1. The van der Waals surface area contributed by atoms with E-state index in [4.69, 9.17) is 0 Å². The normalized spacial score (nSPS) is 12.6. The van der Waals surface area contributed by atoms with Gasteiger partial charge in [0, 0.05) is 6.15 Å². The van der Waals surface area contributed by atoms with Crippen LogP contribution in [0, 0.1) is 11.8 Å². The Hall–Kier alpha value is -1.07. The summed E-state index contributed by atoms with van der Waals surface area (Å²) < 4.78 is 0. The van der Waals surface area contributed by atoms with Crippen LogP contribution in [0.1, 0.15) is 222 Å². The van der Waals surface area contributed by atoms with Gasteiger partial charge in [0.15, 0.2) is 0 Å². The van der Waals surface area contributed by atoms with Crippen molar-refractivity contribution in [3.8, 4) is 11.1 Å². The SMILES string of the molecule is CCCCCCC[B-](CCCCCCC)(CCCCCCC)CCCCCCC.CCC[PH2+]CC(C)CCC(CC)CCC.c1ccc(-c2ccccc2)cc1. The summed E-state index contributed by atoms with van der Waals surface area (Å²) in [5.74, 6) is 2.01. The van der Waals surface area contributed by atoms with Crippen molar-refractivity contribution in [3.63, 3.8) is 0 Å². The van der Waals surface area contributed by atoms with Crippen LogP contribution in [0.15, 0.2) is 60.7 Å². The first kappa shape index (κ1) is 54.9. The smallest absolute Gasteiger partial charge is 0.0574 e. The van der Waals surface area contributed by atoms with Gasteiger partial charge in [0.2, 0.25) is 0 Å². The van der Waals surface area contributed by atoms with E-state index in [-0.39, 0.29) is 6.15 Å². The minimum Gasteiger partial charge on any atom is -0.178 e. The molecule has 2 heteroatoms. The molecule has 0 bridgehead atoms. The summed E-state index contributed by atoms with van der Waals surface area (Å²) in [4.78, 5) is 0. The molecule has 0 aliphatic carbocycles. The van der Waals surface area contributed by atoms with Gasteiger partial charge in [-0.1, -0.05) is 270 Å². The number of hydrogen-bond acceptors (Lipinski definition) is 0. The molecule has 2 rings (SSSR count).